The van der Waals surface area contributed by atoms with Gasteiger partial charge in [0.2, 0.25) is 5.91 Å². The van der Waals surface area contributed by atoms with Crippen LogP contribution in [-0.4, -0.2) is 59.0 Å². The van der Waals surface area contributed by atoms with Gasteiger partial charge < -0.3 is 26.2 Å². The Bertz CT molecular complexity index is 801. The van der Waals surface area contributed by atoms with Gasteiger partial charge in [0, 0.05) is 6.54 Å². The molecule has 0 bridgehead atoms. The Morgan fingerprint density at radius 2 is 1.12 bits per heavy atom. The van der Waals surface area contributed by atoms with Crippen molar-refractivity contribution in [3.05, 3.63) is 12.2 Å². The minimum absolute atomic E-state index is 0.0512. The maximum Gasteiger partial charge on any atom is 0.472 e. The summed E-state index contributed by atoms with van der Waals surface area (Å²) in [5.41, 5.74) is 5.35. The number of phosphoric acid groups is 1. The van der Waals surface area contributed by atoms with E-state index in [4.69, 9.17) is 14.8 Å². The molecular weight excluding hydrogens is 639 g/mol. The number of carbonyl (C=O) groups excluding carboxylic acids is 1. The van der Waals surface area contributed by atoms with E-state index in [1.54, 1.807) is 6.08 Å². The van der Waals surface area contributed by atoms with Crippen LogP contribution in [-0.2, 0) is 18.4 Å². The van der Waals surface area contributed by atoms with Gasteiger partial charge >= 0.3 is 7.82 Å². The van der Waals surface area contributed by atoms with Crippen LogP contribution in [0.5, 0.6) is 0 Å². The Hall–Kier alpha value is -0.800. The van der Waals surface area contributed by atoms with Gasteiger partial charge in [0.25, 0.3) is 0 Å². The third-order valence-electron chi connectivity index (χ3n) is 9.17. The maximum absolute atomic E-state index is 12.7. The number of carbonyl (C=O) groups is 1. The Balaban J connectivity index is 4.33. The van der Waals surface area contributed by atoms with Gasteiger partial charge in [0.15, 0.2) is 0 Å². The van der Waals surface area contributed by atoms with Gasteiger partial charge in [-0.3, -0.25) is 13.8 Å². The summed E-state index contributed by atoms with van der Waals surface area (Å²) in [7, 11) is -4.39. The summed E-state index contributed by atoms with van der Waals surface area (Å²) in [6.07, 6.45) is 34.4. The van der Waals surface area contributed by atoms with E-state index >= 15 is 0 Å². The van der Waals surface area contributed by atoms with Crippen molar-refractivity contribution in [1.82, 2.24) is 5.32 Å². The van der Waals surface area contributed by atoms with E-state index in [-0.39, 0.29) is 19.6 Å². The van der Waals surface area contributed by atoms with E-state index in [2.05, 4.69) is 19.2 Å². The summed E-state index contributed by atoms with van der Waals surface area (Å²) in [4.78, 5) is 22.6. The molecule has 4 unspecified atom stereocenters. The lowest BCUT2D eigenvalue weighted by molar-refractivity contribution is -0.124. The standard InChI is InChI=1S/C39H79N2O7P/c1-3-5-7-9-11-13-14-15-16-17-18-19-20-21-23-25-27-29-31-38(43)37(35-48-49(45,46)47-33-32-40)41-39(44)34-36(42)30-28-26-24-22-12-10-8-6-4-2/h29,31,36-38,42-43H,3-28,30,32-35,40H2,1-2H3,(H,41,44)(H,45,46)/b31-29+. The molecule has 9 nitrogen and oxygen atoms in total. The van der Waals surface area contributed by atoms with Gasteiger partial charge in [0.1, 0.15) is 0 Å². The molecule has 49 heavy (non-hydrogen) atoms. The fourth-order valence-electron chi connectivity index (χ4n) is 6.06. The van der Waals surface area contributed by atoms with Gasteiger partial charge in [-0.15, -0.1) is 0 Å². The number of aliphatic hydroxyl groups excluding tert-OH is 2. The summed E-state index contributed by atoms with van der Waals surface area (Å²) in [6, 6.07) is -0.976. The summed E-state index contributed by atoms with van der Waals surface area (Å²) in [6.45, 7) is 3.95. The molecule has 0 fully saturated rings. The van der Waals surface area contributed by atoms with E-state index in [0.717, 1.165) is 38.5 Å². The number of phosphoric ester groups is 1. The molecule has 292 valence electrons. The first kappa shape index (κ1) is 48.2. The summed E-state index contributed by atoms with van der Waals surface area (Å²) in [5.74, 6) is -0.446. The Labute approximate surface area is 301 Å². The third-order valence-corrected chi connectivity index (χ3v) is 10.2. The van der Waals surface area contributed by atoms with Crippen LogP contribution in [0.1, 0.15) is 194 Å². The van der Waals surface area contributed by atoms with Gasteiger partial charge in [-0.2, -0.15) is 0 Å². The van der Waals surface area contributed by atoms with E-state index in [9.17, 15) is 24.5 Å². The van der Waals surface area contributed by atoms with Crippen LogP contribution in [0.15, 0.2) is 12.2 Å². The third kappa shape index (κ3) is 34.1. The highest BCUT2D eigenvalue weighted by Gasteiger charge is 2.27. The lowest BCUT2D eigenvalue weighted by atomic mass is 10.0. The summed E-state index contributed by atoms with van der Waals surface area (Å²) >= 11 is 0. The second-order valence-electron chi connectivity index (χ2n) is 14.0. The number of rotatable bonds is 38. The van der Waals surface area contributed by atoms with Crippen molar-refractivity contribution in [3.63, 3.8) is 0 Å². The number of allylic oxidation sites excluding steroid dienone is 1. The Morgan fingerprint density at radius 3 is 1.57 bits per heavy atom. The van der Waals surface area contributed by atoms with E-state index in [1.165, 1.54) is 128 Å². The average Bonchev–Trinajstić information content (AvgIpc) is 3.07. The van der Waals surface area contributed by atoms with Crippen LogP contribution in [0.4, 0.5) is 0 Å². The molecule has 0 rings (SSSR count). The fraction of sp³-hybridized carbons (Fsp3) is 0.923. The van der Waals surface area contributed by atoms with E-state index in [1.807, 2.05) is 6.08 Å². The summed E-state index contributed by atoms with van der Waals surface area (Å²) < 4.78 is 22.0. The molecule has 0 aromatic rings. The second kappa shape index (κ2) is 35.6. The molecule has 0 radical (unpaired) electrons. The highest BCUT2D eigenvalue weighted by Crippen LogP contribution is 2.43. The van der Waals surface area contributed by atoms with Crippen molar-refractivity contribution in [2.75, 3.05) is 19.8 Å². The fourth-order valence-corrected chi connectivity index (χ4v) is 6.82. The topological polar surface area (TPSA) is 151 Å². The lowest BCUT2D eigenvalue weighted by Crippen LogP contribution is -2.46. The predicted molar refractivity (Wildman–Crippen MR) is 204 cm³/mol. The number of amides is 1. The molecule has 6 N–H and O–H groups in total. The first-order valence-corrected chi connectivity index (χ1v) is 21.9. The monoisotopic (exact) mass is 719 g/mol. The molecular formula is C39H79N2O7P. The molecule has 0 aromatic carbocycles. The molecule has 0 aliphatic carbocycles. The zero-order chi connectivity index (χ0) is 36.3. The average molecular weight is 719 g/mol. The zero-order valence-electron chi connectivity index (χ0n) is 31.8. The SMILES string of the molecule is CCCCCCCCCCCCCCCCCC/C=C/C(O)C(COP(=O)(O)OCCN)NC(=O)CC(O)CCCCCCCCCCC. The van der Waals surface area contributed by atoms with Gasteiger partial charge in [-0.25, -0.2) is 4.57 Å². The summed E-state index contributed by atoms with van der Waals surface area (Å²) in [5, 5.41) is 23.9. The number of nitrogens with two attached hydrogens (primary N) is 1. The van der Waals surface area contributed by atoms with Crippen LogP contribution in [0.2, 0.25) is 0 Å². The molecule has 10 heteroatoms. The largest absolute Gasteiger partial charge is 0.472 e. The first-order chi connectivity index (χ1) is 23.8. The number of hydrogen-bond acceptors (Lipinski definition) is 7. The number of nitrogens with one attached hydrogen (secondary N) is 1. The predicted octanol–water partition coefficient (Wildman–Crippen LogP) is 9.80. The Kier molecular flexibility index (Phi) is 35.0. The highest BCUT2D eigenvalue weighted by atomic mass is 31.2. The molecule has 0 saturated heterocycles. The van der Waals surface area contributed by atoms with Crippen molar-refractivity contribution >= 4 is 13.7 Å². The minimum Gasteiger partial charge on any atom is -0.393 e. The smallest absolute Gasteiger partial charge is 0.393 e. The number of hydrogen-bond donors (Lipinski definition) is 5. The van der Waals surface area contributed by atoms with Gasteiger partial charge in [0.05, 0.1) is 37.9 Å². The molecule has 0 heterocycles. The Morgan fingerprint density at radius 1 is 0.694 bits per heavy atom. The minimum atomic E-state index is -4.39. The van der Waals surface area contributed by atoms with E-state index in [0.29, 0.717) is 6.42 Å². The van der Waals surface area contributed by atoms with Crippen molar-refractivity contribution in [1.29, 1.82) is 0 Å². The van der Waals surface area contributed by atoms with Crippen LogP contribution in [0, 0.1) is 0 Å². The van der Waals surface area contributed by atoms with Crippen LogP contribution < -0.4 is 11.1 Å². The van der Waals surface area contributed by atoms with Crippen LogP contribution in [0.25, 0.3) is 0 Å². The molecule has 0 aliphatic rings. The van der Waals surface area contributed by atoms with Crippen molar-refractivity contribution in [2.24, 2.45) is 5.73 Å². The second-order valence-corrected chi connectivity index (χ2v) is 15.5. The molecule has 0 saturated carbocycles. The quantitative estimate of drug-likeness (QED) is 0.0240. The highest BCUT2D eigenvalue weighted by molar-refractivity contribution is 7.47. The molecule has 0 spiro atoms. The maximum atomic E-state index is 12.7. The lowest BCUT2D eigenvalue weighted by Gasteiger charge is -2.24. The van der Waals surface area contributed by atoms with Crippen molar-refractivity contribution in [3.8, 4) is 0 Å². The van der Waals surface area contributed by atoms with Gasteiger partial charge in [-0.05, 0) is 19.3 Å². The van der Waals surface area contributed by atoms with Crippen LogP contribution in [0.3, 0.4) is 0 Å². The molecule has 1 amide bonds. The van der Waals surface area contributed by atoms with Gasteiger partial charge in [-0.1, -0.05) is 180 Å². The zero-order valence-corrected chi connectivity index (χ0v) is 32.7. The van der Waals surface area contributed by atoms with E-state index < -0.39 is 38.6 Å². The van der Waals surface area contributed by atoms with Crippen LogP contribution >= 0.6 is 7.82 Å². The van der Waals surface area contributed by atoms with Crippen molar-refractivity contribution < 1.29 is 33.5 Å². The molecule has 0 aliphatic heterocycles. The first-order valence-electron chi connectivity index (χ1n) is 20.4. The molecule has 4 atom stereocenters. The molecule has 0 aromatic heterocycles. The normalized spacial score (nSPS) is 15.0. The number of aliphatic hydroxyl groups is 2. The van der Waals surface area contributed by atoms with Crippen molar-refractivity contribution in [2.45, 2.75) is 212 Å². The number of unbranched alkanes of at least 4 members (excludes halogenated alkanes) is 24.